The second-order valence-electron chi connectivity index (χ2n) is 11.9. The SMILES string of the molecule is CCOC(=O)/C=C/c1cc(-c2ccc(OC)cc2CNC(=O)c2cccc(OC)c2O)nc(-c2ccc(OC)cc2CNC(=O)c2cccc(OC)c2O)c1. The van der Waals surface area contributed by atoms with Crippen LogP contribution in [-0.2, 0) is 22.6 Å². The number of benzene rings is 4. The van der Waals surface area contributed by atoms with Crippen molar-refractivity contribution in [3.05, 3.63) is 119 Å². The van der Waals surface area contributed by atoms with E-state index in [0.29, 0.717) is 50.7 Å². The molecule has 0 aliphatic heterocycles. The lowest BCUT2D eigenvalue weighted by Crippen LogP contribution is -2.23. The number of nitrogens with one attached hydrogen (secondary N) is 2. The highest BCUT2D eigenvalue weighted by molar-refractivity contribution is 5.98. The van der Waals surface area contributed by atoms with Gasteiger partial charge in [0.2, 0.25) is 0 Å². The fraction of sp³-hybridized carbons (Fsp3) is 0.190. The molecule has 0 unspecified atom stereocenters. The van der Waals surface area contributed by atoms with Crippen LogP contribution in [0.25, 0.3) is 28.6 Å². The van der Waals surface area contributed by atoms with Crippen molar-refractivity contribution in [2.45, 2.75) is 20.0 Å². The average Bonchev–Trinajstić information content (AvgIpc) is 3.21. The Labute approximate surface area is 318 Å². The highest BCUT2D eigenvalue weighted by atomic mass is 16.5. The number of hydrogen-bond donors (Lipinski definition) is 4. The first-order chi connectivity index (χ1) is 26.6. The molecule has 284 valence electrons. The van der Waals surface area contributed by atoms with Crippen molar-refractivity contribution in [1.29, 1.82) is 0 Å². The fourth-order valence-corrected chi connectivity index (χ4v) is 5.75. The summed E-state index contributed by atoms with van der Waals surface area (Å²) in [6.45, 7) is 1.98. The lowest BCUT2D eigenvalue weighted by molar-refractivity contribution is -0.137. The molecule has 0 aliphatic rings. The summed E-state index contributed by atoms with van der Waals surface area (Å²) in [6.07, 6.45) is 2.93. The zero-order valence-electron chi connectivity index (χ0n) is 31.0. The van der Waals surface area contributed by atoms with Gasteiger partial charge < -0.3 is 44.5 Å². The molecule has 2 amide bonds. The summed E-state index contributed by atoms with van der Waals surface area (Å²) in [7, 11) is 5.86. The van der Waals surface area contributed by atoms with Gasteiger partial charge in [0.25, 0.3) is 11.8 Å². The van der Waals surface area contributed by atoms with Crippen LogP contribution >= 0.6 is 0 Å². The molecule has 13 nitrogen and oxygen atoms in total. The predicted octanol–water partition coefficient (Wildman–Crippen LogP) is 6.30. The number of esters is 1. The Bertz CT molecular complexity index is 2100. The Morgan fingerprint density at radius 2 is 1.13 bits per heavy atom. The molecule has 4 N–H and O–H groups in total. The Morgan fingerprint density at radius 3 is 1.55 bits per heavy atom. The molecule has 5 aromatic rings. The third kappa shape index (κ3) is 9.32. The highest BCUT2D eigenvalue weighted by Gasteiger charge is 2.19. The molecule has 1 aromatic heterocycles. The topological polar surface area (TPSA) is 175 Å². The first kappa shape index (κ1) is 39.2. The number of nitrogens with zero attached hydrogens (tertiary/aromatic N) is 1. The number of phenols is 2. The normalized spacial score (nSPS) is 10.8. The Morgan fingerprint density at radius 1 is 0.655 bits per heavy atom. The van der Waals surface area contributed by atoms with Crippen molar-refractivity contribution in [2.75, 3.05) is 35.0 Å². The summed E-state index contributed by atoms with van der Waals surface area (Å²) in [5.74, 6) is -0.763. The largest absolute Gasteiger partial charge is 0.504 e. The van der Waals surface area contributed by atoms with Gasteiger partial charge in [-0.2, -0.15) is 0 Å². The van der Waals surface area contributed by atoms with Gasteiger partial charge in [-0.1, -0.05) is 12.1 Å². The number of ether oxygens (including phenoxy) is 5. The molecule has 0 saturated heterocycles. The van der Waals surface area contributed by atoms with Gasteiger partial charge in [-0.25, -0.2) is 9.78 Å². The van der Waals surface area contributed by atoms with E-state index in [0.717, 1.165) is 0 Å². The van der Waals surface area contributed by atoms with Crippen molar-refractivity contribution in [3.8, 4) is 57.0 Å². The molecule has 55 heavy (non-hydrogen) atoms. The number of aromatic nitrogens is 1. The van der Waals surface area contributed by atoms with E-state index in [4.69, 9.17) is 28.7 Å². The number of amides is 2. The summed E-state index contributed by atoms with van der Waals surface area (Å²) in [5, 5.41) is 26.9. The molecule has 0 aliphatic carbocycles. The van der Waals surface area contributed by atoms with Crippen molar-refractivity contribution in [3.63, 3.8) is 0 Å². The van der Waals surface area contributed by atoms with E-state index in [1.165, 1.54) is 46.6 Å². The molecule has 1 heterocycles. The van der Waals surface area contributed by atoms with Crippen LogP contribution in [0.15, 0.2) is 91.0 Å². The number of hydrogen-bond acceptors (Lipinski definition) is 11. The molecule has 13 heteroatoms. The van der Waals surface area contributed by atoms with Crippen molar-refractivity contribution >= 4 is 23.9 Å². The number of carbonyl (C=O) groups is 3. The van der Waals surface area contributed by atoms with Crippen molar-refractivity contribution in [2.24, 2.45) is 0 Å². The van der Waals surface area contributed by atoms with Crippen LogP contribution in [0.2, 0.25) is 0 Å². The van der Waals surface area contributed by atoms with Crippen LogP contribution in [0.1, 0.15) is 44.3 Å². The summed E-state index contributed by atoms with van der Waals surface area (Å²) < 4.78 is 26.4. The Hall–Kier alpha value is -7.02. The second-order valence-corrected chi connectivity index (χ2v) is 11.9. The lowest BCUT2D eigenvalue weighted by atomic mass is 9.98. The summed E-state index contributed by atoms with van der Waals surface area (Å²) in [4.78, 5) is 43.9. The lowest BCUT2D eigenvalue weighted by Gasteiger charge is -2.17. The van der Waals surface area contributed by atoms with Gasteiger partial charge in [0.15, 0.2) is 23.0 Å². The molecule has 4 aromatic carbocycles. The molecule has 0 fully saturated rings. The molecule has 5 rings (SSSR count). The van der Waals surface area contributed by atoms with Crippen LogP contribution in [0, 0.1) is 0 Å². The van der Waals surface area contributed by atoms with E-state index in [9.17, 15) is 24.6 Å². The molecule has 0 bridgehead atoms. The zero-order valence-corrected chi connectivity index (χ0v) is 31.0. The van der Waals surface area contributed by atoms with E-state index in [1.54, 1.807) is 73.7 Å². The first-order valence-electron chi connectivity index (χ1n) is 17.1. The van der Waals surface area contributed by atoms with Crippen LogP contribution in [0.4, 0.5) is 0 Å². The standard InChI is InChI=1S/C42H41N3O10/c1-6-55-38(46)18-13-25-19-34(30-16-14-28(51-2)21-26(30)23-43-41(49)32-9-7-11-36(53-4)39(32)47)45-35(20-25)31-17-15-29(52-3)22-27(31)24-44-42(50)33-10-8-12-37(54-5)40(33)48/h7-22,47-48H,6,23-24H2,1-5H3,(H,43,49)(H,44,50)/b18-13+. The number of carbonyl (C=O) groups excluding carboxylic acids is 3. The van der Waals surface area contributed by atoms with Gasteiger partial charge >= 0.3 is 5.97 Å². The van der Waals surface area contributed by atoms with E-state index in [-0.39, 0.29) is 53.8 Å². The zero-order chi connectivity index (χ0) is 39.5. The minimum atomic E-state index is -0.530. The van der Waals surface area contributed by atoms with E-state index < -0.39 is 17.8 Å². The predicted molar refractivity (Wildman–Crippen MR) is 206 cm³/mol. The summed E-state index contributed by atoms with van der Waals surface area (Å²) >= 11 is 0. The smallest absolute Gasteiger partial charge is 0.330 e. The minimum absolute atomic E-state index is 0.0266. The van der Waals surface area contributed by atoms with Gasteiger partial charge in [0.1, 0.15) is 11.5 Å². The number of pyridine rings is 1. The minimum Gasteiger partial charge on any atom is -0.504 e. The fourth-order valence-electron chi connectivity index (χ4n) is 5.75. The summed E-state index contributed by atoms with van der Waals surface area (Å²) in [5.41, 5.74) is 4.22. The number of aromatic hydroxyl groups is 2. The van der Waals surface area contributed by atoms with Gasteiger partial charge in [0, 0.05) is 30.3 Å². The molecular weight excluding hydrogens is 706 g/mol. The average molecular weight is 748 g/mol. The summed E-state index contributed by atoms with van der Waals surface area (Å²) in [6, 6.07) is 23.5. The van der Waals surface area contributed by atoms with E-state index in [2.05, 4.69) is 10.6 Å². The molecule has 0 saturated carbocycles. The first-order valence-corrected chi connectivity index (χ1v) is 17.1. The highest BCUT2D eigenvalue weighted by Crippen LogP contribution is 2.34. The van der Waals surface area contributed by atoms with Gasteiger partial charge in [-0.15, -0.1) is 0 Å². The van der Waals surface area contributed by atoms with Crippen LogP contribution in [0.3, 0.4) is 0 Å². The number of rotatable bonds is 15. The quantitative estimate of drug-likeness (QED) is 0.0699. The monoisotopic (exact) mass is 747 g/mol. The molecular formula is C42H41N3O10. The van der Waals surface area contributed by atoms with E-state index >= 15 is 0 Å². The third-order valence-corrected chi connectivity index (χ3v) is 8.53. The Kier molecular flexibility index (Phi) is 12.9. The number of methoxy groups -OCH3 is 4. The van der Waals surface area contributed by atoms with Crippen LogP contribution in [0.5, 0.6) is 34.5 Å². The van der Waals surface area contributed by atoms with Crippen molar-refractivity contribution < 1.29 is 48.3 Å². The van der Waals surface area contributed by atoms with Crippen LogP contribution < -0.4 is 29.6 Å². The third-order valence-electron chi connectivity index (χ3n) is 8.53. The maximum absolute atomic E-state index is 13.3. The maximum atomic E-state index is 13.3. The molecule has 0 atom stereocenters. The van der Waals surface area contributed by atoms with Crippen LogP contribution in [-0.4, -0.2) is 68.0 Å². The maximum Gasteiger partial charge on any atom is 0.330 e. The second kappa shape index (κ2) is 18.1. The number of para-hydroxylation sites is 2. The molecule has 0 radical (unpaired) electrons. The van der Waals surface area contributed by atoms with Crippen molar-refractivity contribution in [1.82, 2.24) is 15.6 Å². The van der Waals surface area contributed by atoms with E-state index in [1.807, 2.05) is 12.1 Å². The van der Waals surface area contributed by atoms with Gasteiger partial charge in [-0.3, -0.25) is 9.59 Å². The Balaban J connectivity index is 1.57. The van der Waals surface area contributed by atoms with Gasteiger partial charge in [-0.05, 0) is 102 Å². The number of phenolic OH excluding ortho intramolecular Hbond substituents is 2. The van der Waals surface area contributed by atoms with Gasteiger partial charge in [0.05, 0.1) is 57.6 Å². The molecule has 0 spiro atoms.